The van der Waals surface area contributed by atoms with Crippen LogP contribution in [0, 0.1) is 37.5 Å². The van der Waals surface area contributed by atoms with Crippen molar-refractivity contribution < 1.29 is 88.7 Å². The molecule has 12 aromatic rings. The molecular weight excluding hydrogens is 1990 g/mol. The molecule has 0 radical (unpaired) electrons. The predicted octanol–water partition coefficient (Wildman–Crippen LogP) is 16.0. The maximum Gasteiger partial charge on any atom is 0.573 e. The number of anilines is 8. The number of rotatable bonds is 25. The first kappa shape index (κ1) is 109. The minimum absolute atomic E-state index is 0.0221. The number of ether oxygens (including phenoxy) is 2. The summed E-state index contributed by atoms with van der Waals surface area (Å²) in [5, 5.41) is 1.57. The molecule has 14 heterocycles. The van der Waals surface area contributed by atoms with Crippen molar-refractivity contribution in [1.29, 1.82) is 0 Å². The highest BCUT2D eigenvalue weighted by atomic mass is 32.2. The molecule has 778 valence electrons. The Morgan fingerprint density at radius 1 is 0.415 bits per heavy atom. The van der Waals surface area contributed by atoms with Gasteiger partial charge < -0.3 is 51.6 Å². The molecule has 0 spiro atoms. The van der Waals surface area contributed by atoms with Gasteiger partial charge in [-0.15, -0.1) is 13.2 Å². The van der Waals surface area contributed by atoms with Crippen molar-refractivity contribution in [2.75, 3.05) is 74.9 Å². The van der Waals surface area contributed by atoms with E-state index in [1.54, 1.807) is 48.7 Å². The summed E-state index contributed by atoms with van der Waals surface area (Å²) in [5.41, 5.74) is 20.7. The number of amides is 4. The Bertz CT molecular complexity index is 7440. The third-order valence-electron chi connectivity index (χ3n) is 24.5. The lowest BCUT2D eigenvalue weighted by atomic mass is 9.97. The fourth-order valence-corrected chi connectivity index (χ4v) is 22.3. The molecule has 36 nitrogen and oxygen atoms in total. The van der Waals surface area contributed by atoms with Crippen LogP contribution in [0.3, 0.4) is 0 Å². The first-order valence-corrected chi connectivity index (χ1v) is 52.5. The topological polar surface area (TPSA) is 503 Å². The number of benzene rings is 2. The highest BCUT2D eigenvalue weighted by Gasteiger charge is 2.45. The summed E-state index contributed by atoms with van der Waals surface area (Å²) >= 11 is 0. The summed E-state index contributed by atoms with van der Waals surface area (Å²) in [6.07, 6.45) is -3.02. The van der Waals surface area contributed by atoms with Gasteiger partial charge in [0, 0.05) is 89.2 Å². The van der Waals surface area contributed by atoms with Gasteiger partial charge in [-0.2, -0.15) is 38.4 Å². The van der Waals surface area contributed by atoms with E-state index in [4.69, 9.17) is 31.9 Å². The molecule has 46 heteroatoms. The monoisotopic (exact) mass is 2100 g/mol. The second-order valence-corrected chi connectivity index (χ2v) is 45.4. The number of sulfonamides is 4. The van der Waals surface area contributed by atoms with Gasteiger partial charge >= 0.3 is 12.5 Å². The minimum atomic E-state index is -4.86. The third-order valence-corrected chi connectivity index (χ3v) is 29.6. The van der Waals surface area contributed by atoms with Crippen LogP contribution in [0.1, 0.15) is 180 Å². The first-order chi connectivity index (χ1) is 68.8. The van der Waals surface area contributed by atoms with Crippen LogP contribution < -0.4 is 70.5 Å². The first-order valence-electron chi connectivity index (χ1n) is 46.6. The molecule has 0 aliphatic carbocycles. The number of halogens is 6. The highest BCUT2D eigenvalue weighted by Crippen LogP contribution is 2.45. The molecule has 0 bridgehead atoms. The lowest BCUT2D eigenvalue weighted by Crippen LogP contribution is -2.41. The van der Waals surface area contributed by atoms with Crippen LogP contribution in [0.25, 0.3) is 33.8 Å². The number of nitrogen functional groups attached to an aromatic ring is 3. The van der Waals surface area contributed by atoms with Crippen molar-refractivity contribution in [2.24, 2.45) is 23.7 Å². The van der Waals surface area contributed by atoms with Gasteiger partial charge in [-0.1, -0.05) is 93.9 Å². The molecule has 16 rings (SSSR count). The molecule has 4 atom stereocenters. The molecule has 0 saturated carbocycles. The van der Waals surface area contributed by atoms with Gasteiger partial charge in [0.2, 0.25) is 5.88 Å². The summed E-state index contributed by atoms with van der Waals surface area (Å²) in [6, 6.07) is 48.1. The standard InChI is InChI=1S/C26H32N6O4S.C25H27F3N6O3S.C25H26F3N5O4S.C25H29N5O3S/c1-6-36-22-13-18(12-17(3)28-22)20-11-10-19(24(29-20)32-15-16(2)14-26(32,4)5)25(33)31-37(34,35)23-9-7-8-21(27)30-23;1-16-13-24(2,3)34(15-16)22-18(8-6-12-29-22)23(35)33-38(36,37)21-11-5-10-20(32-21)30-14-17-7-4-9-19(31-17)25(26,27)28;1-15-13-24(2,3)33(14-15)22-18(23(34)32-38(35,36)21-9-5-8-20(29)31-21)10-11-19(30-22)16-6-4-7-17(12-16)37-25(26,27)28;1-16-7-9-18(10-8-16)20-12-11-19(23(28-20)30-15-17(2)14-25(30,3)4)24(31)29-34(32,33)21-6-5-13-27-22(21)26/h7-13,16H,6,14-15H2,1-5H3,(H2,27,30)(H,31,33);4-12,16H,13-15H2,1-3H3,(H,30,32)(H,33,35);4-12,15H,13-14H2,1-3H3,(H2,29,31)(H,32,34);5-13,17H,14-15H2,1-4H3,(H2,26,27)(H,29,31)/t16-;;15-;17-/m0.00/s1. The van der Waals surface area contributed by atoms with E-state index in [2.05, 4.69) is 122 Å². The fourth-order valence-electron chi connectivity index (χ4n) is 18.5. The molecule has 1 unspecified atom stereocenters. The van der Waals surface area contributed by atoms with Crippen molar-refractivity contribution in [3.8, 4) is 45.4 Å². The van der Waals surface area contributed by atoms with E-state index in [0.717, 1.165) is 54.1 Å². The number of aryl methyl sites for hydroxylation is 2. The zero-order valence-electron chi connectivity index (χ0n) is 83.1. The number of nitrogens with two attached hydrogens (primary N) is 3. The Kier molecular flexibility index (Phi) is 32.4. The number of alkyl halides is 6. The highest BCUT2D eigenvalue weighted by molar-refractivity contribution is 7.91. The third kappa shape index (κ3) is 26.9. The summed E-state index contributed by atoms with van der Waals surface area (Å²) < 4.78 is 198. The van der Waals surface area contributed by atoms with Crippen molar-refractivity contribution in [3.05, 3.63) is 251 Å². The van der Waals surface area contributed by atoms with Crippen LogP contribution in [-0.2, 0) is 52.8 Å². The molecule has 4 saturated heterocycles. The molecule has 4 fully saturated rings. The van der Waals surface area contributed by atoms with Crippen molar-refractivity contribution in [1.82, 2.24) is 68.7 Å². The average molecular weight is 2100 g/mol. The number of nitrogens with one attached hydrogen (secondary N) is 5. The largest absolute Gasteiger partial charge is 0.573 e. The zero-order chi connectivity index (χ0) is 107. The maximum atomic E-state index is 13.4. The molecule has 4 amide bonds. The normalized spacial score (nSPS) is 17.3. The summed E-state index contributed by atoms with van der Waals surface area (Å²) in [6.45, 7) is 33.5. The minimum Gasteiger partial charge on any atom is -0.478 e. The van der Waals surface area contributed by atoms with Crippen molar-refractivity contribution in [3.63, 3.8) is 0 Å². The Morgan fingerprint density at radius 3 is 1.26 bits per heavy atom. The molecular formula is C101H114F6N22O14S4. The number of hydrogen-bond donors (Lipinski definition) is 8. The lowest BCUT2D eigenvalue weighted by Gasteiger charge is -2.34. The number of pyridine rings is 10. The second-order valence-electron chi connectivity index (χ2n) is 38.9. The number of nitrogens with zero attached hydrogens (tertiary/aromatic N) is 14. The molecule has 11 N–H and O–H groups in total. The summed E-state index contributed by atoms with van der Waals surface area (Å²) in [5.74, 6) is -0.535. The van der Waals surface area contributed by atoms with Crippen LogP contribution in [0.5, 0.6) is 11.6 Å². The van der Waals surface area contributed by atoms with Gasteiger partial charge in [-0.25, -0.2) is 77.1 Å². The van der Waals surface area contributed by atoms with Gasteiger partial charge in [-0.05, 0) is 253 Å². The average Bonchev–Trinajstić information content (AvgIpc) is 1.69. The van der Waals surface area contributed by atoms with Gasteiger partial charge in [0.15, 0.2) is 15.1 Å². The van der Waals surface area contributed by atoms with Gasteiger partial charge in [-0.3, -0.25) is 19.2 Å². The zero-order valence-corrected chi connectivity index (χ0v) is 86.4. The molecule has 4 aliphatic heterocycles. The Labute approximate surface area is 848 Å². The van der Waals surface area contributed by atoms with Crippen LogP contribution in [-0.4, -0.2) is 168 Å². The molecule has 4 aliphatic rings. The second kappa shape index (κ2) is 43.5. The van der Waals surface area contributed by atoms with Gasteiger partial charge in [0.25, 0.3) is 63.7 Å². The summed E-state index contributed by atoms with van der Waals surface area (Å²) in [4.78, 5) is 103. The van der Waals surface area contributed by atoms with E-state index in [1.807, 2.05) is 100 Å². The van der Waals surface area contributed by atoms with E-state index < -0.39 is 103 Å². The summed E-state index contributed by atoms with van der Waals surface area (Å²) in [7, 11) is -17.2. The smallest absolute Gasteiger partial charge is 0.478 e. The number of hydrogen-bond acceptors (Lipinski definition) is 32. The van der Waals surface area contributed by atoms with E-state index in [1.165, 1.54) is 121 Å². The molecule has 10 aromatic heterocycles. The predicted molar refractivity (Wildman–Crippen MR) is 545 cm³/mol. The SMILES string of the molecule is CC1CN(c2ncccc2C(=O)NS(=O)(=O)c2cccc(NCc3cccc(C(F)(F)F)n3)n2)C(C)(C)C1.CCOc1cc(-c2ccc(C(=O)NS(=O)(=O)c3cccc(N)n3)c(N3C[C@@H](C)CC3(C)C)n2)cc(C)n1.C[C@@H]1CN(c2nc(-c3cccc(OC(F)(F)F)c3)ccc2C(=O)NS(=O)(=O)c2cccc(N)n2)C(C)(C)C1.Cc1ccc(-c2ccc(C(=O)NS(=O)(=O)c3cccnc3N)c(N3C[C@@H](C)CC3(C)C)n2)cc1. The van der Waals surface area contributed by atoms with Crippen LogP contribution in [0.4, 0.5) is 72.9 Å². The van der Waals surface area contributed by atoms with E-state index in [9.17, 15) is 79.2 Å². The number of carbonyl (C=O) groups is 4. The van der Waals surface area contributed by atoms with Crippen molar-refractivity contribution in [2.45, 2.75) is 191 Å². The van der Waals surface area contributed by atoms with E-state index in [-0.39, 0.29) is 102 Å². The quantitative estimate of drug-likeness (QED) is 0.0246. The number of aromatic nitrogens is 10. The van der Waals surface area contributed by atoms with E-state index >= 15 is 0 Å². The molecule has 147 heavy (non-hydrogen) atoms. The van der Waals surface area contributed by atoms with Crippen molar-refractivity contribution >= 4 is 110 Å². The Morgan fingerprint density at radius 2 is 0.823 bits per heavy atom. The van der Waals surface area contributed by atoms with Crippen LogP contribution in [0.15, 0.2) is 226 Å². The van der Waals surface area contributed by atoms with E-state index in [0.29, 0.717) is 90.8 Å². The maximum absolute atomic E-state index is 13.4. The van der Waals surface area contributed by atoms with Crippen LogP contribution in [0.2, 0.25) is 0 Å². The molecule has 2 aromatic carbocycles. The fraction of sp³-hybridized carbons (Fsp3) is 0.347. The Balaban J connectivity index is 0.000000164. The van der Waals surface area contributed by atoms with Gasteiger partial charge in [0.1, 0.15) is 62.9 Å². The van der Waals surface area contributed by atoms with Gasteiger partial charge in [0.05, 0.1) is 58.2 Å². The number of carbonyl (C=O) groups excluding carboxylic acids is 4. The lowest BCUT2D eigenvalue weighted by molar-refractivity contribution is -0.274. The Hall–Kier alpha value is -14.8. The van der Waals surface area contributed by atoms with Crippen LogP contribution >= 0.6 is 0 Å².